The van der Waals surface area contributed by atoms with Crippen LogP contribution in [-0.4, -0.2) is 44.4 Å². The van der Waals surface area contributed by atoms with Gasteiger partial charge in [-0.15, -0.1) is 0 Å². The summed E-state index contributed by atoms with van der Waals surface area (Å²) in [7, 11) is -0.876. The second kappa shape index (κ2) is 15.1. The van der Waals surface area contributed by atoms with E-state index >= 15 is 0 Å². The maximum absolute atomic E-state index is 7.34. The second-order valence-corrected chi connectivity index (χ2v) is 14.7. The minimum Gasteiger partial charge on any atom is -0.353 e. The highest BCUT2D eigenvalue weighted by Gasteiger charge is 2.53. The Labute approximate surface area is 272 Å². The van der Waals surface area contributed by atoms with Gasteiger partial charge < -0.3 is 28.0 Å². The third kappa shape index (κ3) is 7.01. The fraction of sp³-hybridized carbons (Fsp3) is 0.211. The predicted octanol–water partition coefficient (Wildman–Crippen LogP) is 6.34. The minimum atomic E-state index is -1.27. The maximum atomic E-state index is 7.34. The van der Waals surface area contributed by atoms with Gasteiger partial charge in [0, 0.05) is 33.9 Å². The van der Waals surface area contributed by atoms with E-state index < -0.39 is 53.3 Å². The fourth-order valence-electron chi connectivity index (χ4n) is 5.79. The summed E-state index contributed by atoms with van der Waals surface area (Å²) >= 11 is 0. The second-order valence-electron chi connectivity index (χ2n) is 11.0. The Bertz CT molecular complexity index is 1550. The van der Waals surface area contributed by atoms with Crippen LogP contribution in [0.1, 0.15) is 11.9 Å². The molecule has 6 atom stereocenters. The topological polar surface area (TPSA) is 55.4 Å². The summed E-state index contributed by atoms with van der Waals surface area (Å²) in [6.07, 6.45) is -3.37. The van der Waals surface area contributed by atoms with Crippen molar-refractivity contribution in [2.75, 3.05) is 13.7 Å². The van der Waals surface area contributed by atoms with Gasteiger partial charge in [-0.1, -0.05) is 152 Å². The first-order chi connectivity index (χ1) is 22.8. The van der Waals surface area contributed by atoms with E-state index in [1.54, 1.807) is 7.11 Å². The van der Waals surface area contributed by atoms with E-state index in [2.05, 4.69) is 72.8 Å². The lowest BCUT2D eigenvalue weighted by Crippen LogP contribution is -2.63. The average molecular weight is 651 g/mol. The summed E-state index contributed by atoms with van der Waals surface area (Å²) in [6.45, 7) is 0.331. The summed E-state index contributed by atoms with van der Waals surface area (Å²) < 4.78 is 40.2. The molecule has 2 aliphatic rings. The zero-order valence-corrected chi connectivity index (χ0v) is 27.2. The molecule has 234 valence electrons. The molecule has 0 N–H and O–H groups in total. The molecule has 46 heavy (non-hydrogen) atoms. The van der Waals surface area contributed by atoms with Crippen LogP contribution in [0.3, 0.4) is 0 Å². The van der Waals surface area contributed by atoms with Crippen LogP contribution >= 0.6 is 16.3 Å². The number of rotatable bonds is 10. The largest absolute Gasteiger partial charge is 0.353 e. The molecule has 5 aromatic carbocycles. The molecule has 7 rings (SSSR count). The van der Waals surface area contributed by atoms with Crippen molar-refractivity contribution in [2.24, 2.45) is 0 Å². The summed E-state index contributed by atoms with van der Waals surface area (Å²) in [5, 5.41) is 4.37. The molecule has 5 aromatic rings. The first-order valence-corrected chi connectivity index (χ1v) is 17.9. The van der Waals surface area contributed by atoms with Crippen LogP contribution in [0.5, 0.6) is 0 Å². The molecule has 0 bridgehead atoms. The van der Waals surface area contributed by atoms with Gasteiger partial charge in [0.1, 0.15) is 24.4 Å². The molecule has 6 nitrogen and oxygen atoms in total. The number of fused-ring (bicyclic) bond motifs is 1. The van der Waals surface area contributed by atoms with Gasteiger partial charge in [-0.25, -0.2) is 0 Å². The summed E-state index contributed by atoms with van der Waals surface area (Å²) in [5.41, 5.74) is 0.940. The molecule has 2 saturated heterocycles. The Kier molecular flexibility index (Phi) is 10.3. The molecule has 2 aliphatic heterocycles. The predicted molar refractivity (Wildman–Crippen MR) is 184 cm³/mol. The van der Waals surface area contributed by atoms with E-state index in [1.807, 2.05) is 78.9 Å². The van der Waals surface area contributed by atoms with E-state index in [-0.39, 0.29) is 0 Å². The fourth-order valence-corrected chi connectivity index (χ4v) is 9.59. The Morgan fingerprint density at radius 1 is 0.522 bits per heavy atom. The van der Waals surface area contributed by atoms with Gasteiger partial charge in [0.25, 0.3) is 0 Å². The Morgan fingerprint density at radius 2 is 0.935 bits per heavy atom. The van der Waals surface area contributed by atoms with Crippen molar-refractivity contribution in [2.45, 2.75) is 37.0 Å². The normalized spacial score (nSPS) is 24.5. The molecule has 0 aromatic heterocycles. The zero-order valence-electron chi connectivity index (χ0n) is 25.4. The van der Waals surface area contributed by atoms with E-state index in [0.717, 1.165) is 26.8 Å². The number of ether oxygens (including phenoxy) is 4. The zero-order chi connectivity index (χ0) is 31.1. The van der Waals surface area contributed by atoms with Gasteiger partial charge in [-0.2, -0.15) is 0 Å². The number of methoxy groups -OCH3 is 1. The first-order valence-electron chi connectivity index (χ1n) is 15.4. The highest BCUT2D eigenvalue weighted by atomic mass is 31.1. The van der Waals surface area contributed by atoms with E-state index in [1.165, 1.54) is 0 Å². The molecule has 8 heteroatoms. The lowest BCUT2D eigenvalue weighted by molar-refractivity contribution is -0.350. The van der Waals surface area contributed by atoms with Gasteiger partial charge in [0.15, 0.2) is 12.6 Å². The Hall–Kier alpha value is -3.28. The molecule has 0 saturated carbocycles. The third-order valence-electron chi connectivity index (χ3n) is 8.00. The molecule has 2 fully saturated rings. The van der Waals surface area contributed by atoms with E-state index in [9.17, 15) is 0 Å². The van der Waals surface area contributed by atoms with Crippen LogP contribution in [0.15, 0.2) is 152 Å². The van der Waals surface area contributed by atoms with Crippen LogP contribution in [0.2, 0.25) is 0 Å². The van der Waals surface area contributed by atoms with Crippen molar-refractivity contribution in [1.82, 2.24) is 0 Å². The van der Waals surface area contributed by atoms with Crippen molar-refractivity contribution in [1.29, 1.82) is 0 Å². The van der Waals surface area contributed by atoms with Crippen molar-refractivity contribution in [3.05, 3.63) is 157 Å². The number of hydrogen-bond acceptors (Lipinski definition) is 6. The molecule has 0 amide bonds. The van der Waals surface area contributed by atoms with Gasteiger partial charge in [-0.05, 0) is 0 Å². The van der Waals surface area contributed by atoms with E-state index in [4.69, 9.17) is 28.0 Å². The maximum Gasteiger partial charge on any atom is 0.186 e. The van der Waals surface area contributed by atoms with Gasteiger partial charge in [-0.3, -0.25) is 0 Å². The smallest absolute Gasteiger partial charge is 0.186 e. The molecular formula is C38H36O6P2. The lowest BCUT2D eigenvalue weighted by atomic mass is 9.98. The Balaban J connectivity index is 1.31. The minimum absolute atomic E-state index is 0.331. The van der Waals surface area contributed by atoms with Gasteiger partial charge in [0.05, 0.1) is 22.9 Å². The van der Waals surface area contributed by atoms with Gasteiger partial charge in [0.2, 0.25) is 0 Å². The quantitative estimate of drug-likeness (QED) is 0.165. The van der Waals surface area contributed by atoms with Crippen molar-refractivity contribution in [3.63, 3.8) is 0 Å². The van der Waals surface area contributed by atoms with Crippen molar-refractivity contribution >= 4 is 37.5 Å². The van der Waals surface area contributed by atoms with E-state index in [0.29, 0.717) is 6.61 Å². The van der Waals surface area contributed by atoms with Crippen LogP contribution in [0.4, 0.5) is 0 Å². The molecule has 0 unspecified atom stereocenters. The monoisotopic (exact) mass is 650 g/mol. The summed E-state index contributed by atoms with van der Waals surface area (Å²) in [4.78, 5) is 0. The van der Waals surface area contributed by atoms with Crippen LogP contribution in [-0.2, 0) is 28.0 Å². The highest BCUT2D eigenvalue weighted by Crippen LogP contribution is 2.47. The SMILES string of the molecule is CO[C@H]1O[C@@H]2CO[C@@H](c3ccccc3)O[C@H]2[C@H](OP(c2ccccc2)c2ccccc2)[C@H]1OP(c1ccccc1)c1ccccc1. The lowest BCUT2D eigenvalue weighted by Gasteiger charge is -2.49. The first kappa shape index (κ1) is 31.3. The number of benzene rings is 5. The number of hydrogen-bond donors (Lipinski definition) is 0. The summed E-state index contributed by atoms with van der Waals surface area (Å²) in [5.74, 6) is 0. The van der Waals surface area contributed by atoms with Crippen LogP contribution in [0, 0.1) is 0 Å². The molecular weight excluding hydrogens is 614 g/mol. The standard InChI is InChI=1S/C38H36O6P2/c1-39-38-36(44-46(31-23-13-5-14-24-31)32-25-15-6-16-26-32)35(34-33(41-38)27-40-37(42-34)28-17-7-2-8-18-28)43-45(29-19-9-3-10-20-29)30-21-11-4-12-22-30/h2-26,33-38H,27H2,1H3/t33-,34-,35+,36-,37-,38+/m1/s1. The van der Waals surface area contributed by atoms with Crippen LogP contribution in [0.25, 0.3) is 0 Å². The van der Waals surface area contributed by atoms with Gasteiger partial charge >= 0.3 is 0 Å². The molecule has 2 heterocycles. The average Bonchev–Trinajstić information content (AvgIpc) is 3.14. The molecule has 0 aliphatic carbocycles. The third-order valence-corrected chi connectivity index (χ3v) is 12.0. The highest BCUT2D eigenvalue weighted by molar-refractivity contribution is 7.69. The van der Waals surface area contributed by atoms with Crippen LogP contribution < -0.4 is 21.2 Å². The molecule has 0 radical (unpaired) electrons. The Morgan fingerprint density at radius 3 is 1.37 bits per heavy atom. The summed E-state index contributed by atoms with van der Waals surface area (Å²) in [6, 6.07) is 51.4. The van der Waals surface area contributed by atoms with Crippen molar-refractivity contribution < 1.29 is 28.0 Å². The van der Waals surface area contributed by atoms with Crippen molar-refractivity contribution in [3.8, 4) is 0 Å². The molecule has 0 spiro atoms.